The number of hydrogen-bond donors (Lipinski definition) is 1. The highest BCUT2D eigenvalue weighted by atomic mass is 16.2. The van der Waals surface area contributed by atoms with Crippen LogP contribution in [0.25, 0.3) is 6.08 Å². The normalized spacial score (nSPS) is 15.5. The lowest BCUT2D eigenvalue weighted by Crippen LogP contribution is -2.48. The fraction of sp³-hybridized carbons (Fsp3) is 0.414. The Morgan fingerprint density at radius 1 is 0.972 bits per heavy atom. The van der Waals surface area contributed by atoms with Gasteiger partial charge in [0.15, 0.2) is 0 Å². The molecule has 0 aromatic heterocycles. The average molecular weight is 488 g/mol. The standard InChI is InChI=1S/C29H37N5O2/c1-4-12-33(13-5-2)29(36)24-18-22-8-9-23(19-26(22)31-27(30)20-24)28(35)34-16-14-32(15-17-34)25-10-6-21(3)7-11-25/h6-11,18-19H,4-5,12-17,20H2,1-3H3,(H2,30,31). The first-order valence-corrected chi connectivity index (χ1v) is 13.0. The summed E-state index contributed by atoms with van der Waals surface area (Å²) in [5, 5.41) is 0. The molecule has 1 fully saturated rings. The maximum absolute atomic E-state index is 13.3. The number of anilines is 1. The lowest BCUT2D eigenvalue weighted by atomic mass is 10.0. The molecule has 0 spiro atoms. The number of fused-ring (bicyclic) bond motifs is 1. The first kappa shape index (κ1) is 25.5. The van der Waals surface area contributed by atoms with Crippen LogP contribution >= 0.6 is 0 Å². The minimum Gasteiger partial charge on any atom is -0.387 e. The van der Waals surface area contributed by atoms with Crippen LogP contribution in [-0.2, 0) is 4.79 Å². The summed E-state index contributed by atoms with van der Waals surface area (Å²) < 4.78 is 0. The number of benzene rings is 2. The molecule has 0 unspecified atom stereocenters. The van der Waals surface area contributed by atoms with Crippen LogP contribution < -0.4 is 10.6 Å². The Kier molecular flexibility index (Phi) is 8.08. The van der Waals surface area contributed by atoms with E-state index < -0.39 is 0 Å². The molecule has 7 nitrogen and oxygen atoms in total. The van der Waals surface area contributed by atoms with Gasteiger partial charge in [0.2, 0.25) is 5.91 Å². The molecule has 2 aromatic carbocycles. The van der Waals surface area contributed by atoms with Gasteiger partial charge in [-0.3, -0.25) is 9.59 Å². The molecule has 1 saturated heterocycles. The minimum atomic E-state index is -0.00304. The van der Waals surface area contributed by atoms with Crippen molar-refractivity contribution in [1.29, 1.82) is 0 Å². The summed E-state index contributed by atoms with van der Waals surface area (Å²) in [5.74, 6) is 0.394. The number of amidine groups is 1. The molecule has 190 valence electrons. The predicted molar refractivity (Wildman–Crippen MR) is 147 cm³/mol. The van der Waals surface area contributed by atoms with Crippen molar-refractivity contribution in [3.05, 3.63) is 64.7 Å². The molecule has 2 heterocycles. The molecule has 2 aromatic rings. The smallest absolute Gasteiger partial charge is 0.254 e. The molecule has 2 aliphatic heterocycles. The number of hydrogen-bond acceptors (Lipinski definition) is 5. The second-order valence-electron chi connectivity index (χ2n) is 9.63. The molecule has 0 aliphatic carbocycles. The van der Waals surface area contributed by atoms with Crippen LogP contribution in [0.1, 0.15) is 54.6 Å². The minimum absolute atomic E-state index is 0.00304. The monoisotopic (exact) mass is 487 g/mol. The van der Waals surface area contributed by atoms with E-state index in [1.165, 1.54) is 11.3 Å². The van der Waals surface area contributed by atoms with Crippen LogP contribution in [0.2, 0.25) is 0 Å². The highest BCUT2D eigenvalue weighted by Crippen LogP contribution is 2.29. The van der Waals surface area contributed by atoms with Crippen molar-refractivity contribution in [3.8, 4) is 0 Å². The molecule has 4 rings (SSSR count). The van der Waals surface area contributed by atoms with E-state index >= 15 is 0 Å². The number of nitrogens with two attached hydrogens (primary N) is 1. The van der Waals surface area contributed by atoms with E-state index in [4.69, 9.17) is 5.73 Å². The van der Waals surface area contributed by atoms with Gasteiger partial charge >= 0.3 is 0 Å². The zero-order valence-corrected chi connectivity index (χ0v) is 21.7. The van der Waals surface area contributed by atoms with Gasteiger partial charge in [-0.15, -0.1) is 0 Å². The van der Waals surface area contributed by atoms with Gasteiger partial charge in [0.1, 0.15) is 5.84 Å². The fourth-order valence-electron chi connectivity index (χ4n) is 4.82. The second-order valence-corrected chi connectivity index (χ2v) is 9.63. The average Bonchev–Trinajstić information content (AvgIpc) is 3.05. The highest BCUT2D eigenvalue weighted by Gasteiger charge is 2.24. The van der Waals surface area contributed by atoms with Crippen LogP contribution in [0.3, 0.4) is 0 Å². The van der Waals surface area contributed by atoms with E-state index in [0.717, 1.165) is 44.6 Å². The summed E-state index contributed by atoms with van der Waals surface area (Å²) in [4.78, 5) is 37.2. The topological polar surface area (TPSA) is 82.2 Å². The summed E-state index contributed by atoms with van der Waals surface area (Å²) >= 11 is 0. The van der Waals surface area contributed by atoms with Crippen LogP contribution in [0.15, 0.2) is 53.0 Å². The van der Waals surface area contributed by atoms with Gasteiger partial charge in [-0.2, -0.15) is 0 Å². The van der Waals surface area contributed by atoms with Crippen LogP contribution in [-0.4, -0.2) is 66.7 Å². The van der Waals surface area contributed by atoms with Gasteiger partial charge in [-0.05, 0) is 50.1 Å². The van der Waals surface area contributed by atoms with Gasteiger partial charge in [-0.25, -0.2) is 4.99 Å². The summed E-state index contributed by atoms with van der Waals surface area (Å²) in [6, 6.07) is 14.0. The van der Waals surface area contributed by atoms with E-state index in [-0.39, 0.29) is 11.8 Å². The van der Waals surface area contributed by atoms with E-state index in [0.29, 0.717) is 42.2 Å². The Hall–Kier alpha value is -3.61. The SMILES string of the molecule is CCCN(CCC)C(=O)C1=Cc2ccc(C(=O)N3CCN(c4ccc(C)cc4)CC3)cc2N=C(N)C1. The van der Waals surface area contributed by atoms with Crippen LogP contribution in [0.4, 0.5) is 11.4 Å². The van der Waals surface area contributed by atoms with Crippen molar-refractivity contribution < 1.29 is 9.59 Å². The molecule has 0 radical (unpaired) electrons. The Morgan fingerprint density at radius 3 is 2.28 bits per heavy atom. The fourth-order valence-corrected chi connectivity index (χ4v) is 4.82. The Morgan fingerprint density at radius 2 is 1.64 bits per heavy atom. The van der Waals surface area contributed by atoms with Crippen molar-refractivity contribution in [3.63, 3.8) is 0 Å². The van der Waals surface area contributed by atoms with E-state index in [1.807, 2.05) is 28.0 Å². The largest absolute Gasteiger partial charge is 0.387 e. The molecule has 2 aliphatic rings. The van der Waals surface area contributed by atoms with Crippen molar-refractivity contribution in [2.75, 3.05) is 44.2 Å². The molecule has 0 bridgehead atoms. The lowest BCUT2D eigenvalue weighted by Gasteiger charge is -2.36. The third kappa shape index (κ3) is 5.78. The quantitative estimate of drug-likeness (QED) is 0.628. The Balaban J connectivity index is 1.49. The van der Waals surface area contributed by atoms with Crippen molar-refractivity contribution in [2.45, 2.75) is 40.0 Å². The second kappa shape index (κ2) is 11.4. The van der Waals surface area contributed by atoms with E-state index in [9.17, 15) is 9.59 Å². The summed E-state index contributed by atoms with van der Waals surface area (Å²) in [6.07, 6.45) is 4.00. The third-order valence-corrected chi connectivity index (χ3v) is 6.76. The summed E-state index contributed by atoms with van der Waals surface area (Å²) in [6.45, 7) is 10.6. The zero-order chi connectivity index (χ0) is 25.7. The van der Waals surface area contributed by atoms with Crippen molar-refractivity contribution in [2.24, 2.45) is 10.7 Å². The maximum atomic E-state index is 13.3. The van der Waals surface area contributed by atoms with Crippen LogP contribution in [0, 0.1) is 6.92 Å². The molecule has 2 amide bonds. The lowest BCUT2D eigenvalue weighted by molar-refractivity contribution is -0.127. The number of piperazine rings is 1. The third-order valence-electron chi connectivity index (χ3n) is 6.76. The summed E-state index contributed by atoms with van der Waals surface area (Å²) in [5.41, 5.74) is 11.3. The van der Waals surface area contributed by atoms with Gasteiger partial charge in [-0.1, -0.05) is 37.6 Å². The van der Waals surface area contributed by atoms with Gasteiger partial charge in [0.05, 0.1) is 5.69 Å². The Labute approximate surface area is 214 Å². The Bertz CT molecular complexity index is 1150. The number of carbonyl (C=O) groups excluding carboxylic acids is 2. The number of carbonyl (C=O) groups is 2. The van der Waals surface area contributed by atoms with Gasteiger partial charge in [0, 0.05) is 68.1 Å². The van der Waals surface area contributed by atoms with E-state index in [2.05, 4.69) is 54.9 Å². The van der Waals surface area contributed by atoms with Crippen molar-refractivity contribution >= 4 is 35.1 Å². The van der Waals surface area contributed by atoms with Gasteiger partial charge < -0.3 is 20.4 Å². The molecule has 2 N–H and O–H groups in total. The number of amides is 2. The number of aryl methyl sites for hydroxylation is 1. The number of nitrogens with zero attached hydrogens (tertiary/aromatic N) is 4. The maximum Gasteiger partial charge on any atom is 0.254 e. The number of aliphatic imine (C=N–C) groups is 1. The first-order chi connectivity index (χ1) is 17.4. The molecule has 0 atom stereocenters. The molecule has 36 heavy (non-hydrogen) atoms. The van der Waals surface area contributed by atoms with E-state index in [1.54, 1.807) is 6.07 Å². The number of rotatable bonds is 7. The molecular formula is C29H37N5O2. The van der Waals surface area contributed by atoms with Crippen LogP contribution in [0.5, 0.6) is 0 Å². The predicted octanol–water partition coefficient (Wildman–Crippen LogP) is 4.38. The van der Waals surface area contributed by atoms with Crippen molar-refractivity contribution in [1.82, 2.24) is 9.80 Å². The zero-order valence-electron chi connectivity index (χ0n) is 21.7. The summed E-state index contributed by atoms with van der Waals surface area (Å²) in [7, 11) is 0. The molecule has 0 saturated carbocycles. The molecule has 7 heteroatoms. The van der Waals surface area contributed by atoms with Gasteiger partial charge in [0.25, 0.3) is 5.91 Å². The molecular weight excluding hydrogens is 450 g/mol. The highest BCUT2D eigenvalue weighted by molar-refractivity contribution is 6.06. The first-order valence-electron chi connectivity index (χ1n) is 13.0.